The van der Waals surface area contributed by atoms with E-state index in [1.165, 1.54) is 5.56 Å². The quantitative estimate of drug-likeness (QED) is 0.911. The molecular formula is C15H22N2O2. The molecule has 1 fully saturated rings. The first-order chi connectivity index (χ1) is 8.88. The number of nitrogens with two attached hydrogens (primary N) is 1. The largest absolute Gasteiger partial charge is 0.440 e. The van der Waals surface area contributed by atoms with Gasteiger partial charge in [0.25, 0.3) is 0 Å². The number of carbonyl (C=O) groups excluding carboxylic acids is 1. The maximum absolute atomic E-state index is 12.1. The molecule has 1 aromatic rings. The SMILES string of the molecule is Cc1cccc(C(C)C)c1N1CC(C)(CN)OC1=O. The van der Waals surface area contributed by atoms with Crippen molar-refractivity contribution in [1.29, 1.82) is 0 Å². The fourth-order valence-corrected chi connectivity index (χ4v) is 2.49. The molecule has 2 N–H and O–H groups in total. The van der Waals surface area contributed by atoms with Gasteiger partial charge in [0, 0.05) is 6.54 Å². The molecule has 1 amide bonds. The Morgan fingerprint density at radius 2 is 2.16 bits per heavy atom. The van der Waals surface area contributed by atoms with Gasteiger partial charge in [0.05, 0.1) is 12.2 Å². The lowest BCUT2D eigenvalue weighted by Gasteiger charge is -2.23. The Kier molecular flexibility index (Phi) is 3.54. The summed E-state index contributed by atoms with van der Waals surface area (Å²) in [6.45, 7) is 8.99. The van der Waals surface area contributed by atoms with Gasteiger partial charge in [-0.2, -0.15) is 0 Å². The van der Waals surface area contributed by atoms with E-state index in [2.05, 4.69) is 19.9 Å². The van der Waals surface area contributed by atoms with E-state index >= 15 is 0 Å². The van der Waals surface area contributed by atoms with Gasteiger partial charge in [-0.3, -0.25) is 4.90 Å². The van der Waals surface area contributed by atoms with E-state index in [4.69, 9.17) is 10.5 Å². The van der Waals surface area contributed by atoms with Crippen molar-refractivity contribution in [3.8, 4) is 0 Å². The highest BCUT2D eigenvalue weighted by Gasteiger charge is 2.42. The number of aryl methyl sites for hydroxylation is 1. The molecule has 104 valence electrons. The summed E-state index contributed by atoms with van der Waals surface area (Å²) in [6.07, 6.45) is -0.302. The highest BCUT2D eigenvalue weighted by Crippen LogP contribution is 2.35. The summed E-state index contributed by atoms with van der Waals surface area (Å²) in [5, 5.41) is 0. The minimum Gasteiger partial charge on any atom is -0.440 e. The number of carbonyl (C=O) groups is 1. The molecule has 1 aromatic carbocycles. The van der Waals surface area contributed by atoms with Crippen LogP contribution in [0.1, 0.15) is 37.8 Å². The third-order valence-corrected chi connectivity index (χ3v) is 3.64. The highest BCUT2D eigenvalue weighted by molar-refractivity contribution is 5.92. The lowest BCUT2D eigenvalue weighted by Crippen LogP contribution is -2.39. The number of amides is 1. The standard InChI is InChI=1S/C15H22N2O2/c1-10(2)12-7-5-6-11(3)13(12)17-9-15(4,8-16)19-14(17)18/h5-7,10H,8-9,16H2,1-4H3. The van der Waals surface area contributed by atoms with Gasteiger partial charge in [-0.15, -0.1) is 0 Å². The third kappa shape index (κ3) is 2.45. The molecule has 0 spiro atoms. The predicted octanol–water partition coefficient (Wildman–Crippen LogP) is 2.79. The van der Waals surface area contributed by atoms with Gasteiger partial charge in [0.15, 0.2) is 0 Å². The molecule has 1 heterocycles. The van der Waals surface area contributed by atoms with E-state index in [1.807, 2.05) is 26.0 Å². The van der Waals surface area contributed by atoms with Crippen LogP contribution in [0, 0.1) is 6.92 Å². The summed E-state index contributed by atoms with van der Waals surface area (Å²) in [4.78, 5) is 13.8. The second kappa shape index (κ2) is 4.85. The van der Waals surface area contributed by atoms with Gasteiger partial charge >= 0.3 is 6.09 Å². The zero-order chi connectivity index (χ0) is 14.2. The second-order valence-electron chi connectivity index (χ2n) is 5.78. The van der Waals surface area contributed by atoms with Crippen LogP contribution in [-0.2, 0) is 4.74 Å². The van der Waals surface area contributed by atoms with Crippen molar-refractivity contribution in [3.05, 3.63) is 29.3 Å². The molecule has 0 aliphatic carbocycles. The topological polar surface area (TPSA) is 55.6 Å². The van der Waals surface area contributed by atoms with Crippen molar-refractivity contribution >= 4 is 11.8 Å². The maximum atomic E-state index is 12.1. The Morgan fingerprint density at radius 3 is 2.68 bits per heavy atom. The van der Waals surface area contributed by atoms with Gasteiger partial charge < -0.3 is 10.5 Å². The molecule has 1 atom stereocenters. The number of ether oxygens (including phenoxy) is 1. The van der Waals surface area contributed by atoms with Crippen LogP contribution in [0.5, 0.6) is 0 Å². The van der Waals surface area contributed by atoms with E-state index < -0.39 is 5.60 Å². The highest BCUT2D eigenvalue weighted by atomic mass is 16.6. The molecule has 1 aliphatic heterocycles. The van der Waals surface area contributed by atoms with Crippen molar-refractivity contribution in [1.82, 2.24) is 0 Å². The Hall–Kier alpha value is -1.55. The number of nitrogens with zero attached hydrogens (tertiary/aromatic N) is 1. The molecule has 0 radical (unpaired) electrons. The zero-order valence-corrected chi connectivity index (χ0v) is 12.1. The fourth-order valence-electron chi connectivity index (χ4n) is 2.49. The third-order valence-electron chi connectivity index (χ3n) is 3.64. The van der Waals surface area contributed by atoms with Gasteiger partial charge in [-0.25, -0.2) is 4.79 Å². The first kappa shape index (κ1) is 13.9. The average molecular weight is 262 g/mol. The monoisotopic (exact) mass is 262 g/mol. The first-order valence-electron chi connectivity index (χ1n) is 6.68. The van der Waals surface area contributed by atoms with Crippen LogP contribution in [-0.4, -0.2) is 24.8 Å². The van der Waals surface area contributed by atoms with Crippen molar-refractivity contribution in [2.75, 3.05) is 18.0 Å². The van der Waals surface area contributed by atoms with Crippen LogP contribution < -0.4 is 10.6 Å². The molecule has 0 aromatic heterocycles. The van der Waals surface area contributed by atoms with Crippen LogP contribution in [0.2, 0.25) is 0 Å². The van der Waals surface area contributed by atoms with Crippen molar-refractivity contribution < 1.29 is 9.53 Å². The van der Waals surface area contributed by atoms with Crippen molar-refractivity contribution in [3.63, 3.8) is 0 Å². The molecule has 1 unspecified atom stereocenters. The maximum Gasteiger partial charge on any atom is 0.415 e. The number of benzene rings is 1. The molecule has 4 heteroatoms. The number of hydrogen-bond acceptors (Lipinski definition) is 3. The molecule has 4 nitrogen and oxygen atoms in total. The van der Waals surface area contributed by atoms with Gasteiger partial charge in [-0.1, -0.05) is 32.0 Å². The summed E-state index contributed by atoms with van der Waals surface area (Å²) in [7, 11) is 0. The molecule has 1 aliphatic rings. The fraction of sp³-hybridized carbons (Fsp3) is 0.533. The van der Waals surface area contributed by atoms with Gasteiger partial charge in [-0.05, 0) is 30.9 Å². The van der Waals surface area contributed by atoms with E-state index in [9.17, 15) is 4.79 Å². The number of anilines is 1. The number of para-hydroxylation sites is 1. The predicted molar refractivity (Wildman–Crippen MR) is 76.6 cm³/mol. The summed E-state index contributed by atoms with van der Waals surface area (Å²) >= 11 is 0. The van der Waals surface area contributed by atoms with Crippen molar-refractivity contribution in [2.24, 2.45) is 5.73 Å². The Labute approximate surface area is 114 Å². The van der Waals surface area contributed by atoms with Crippen LogP contribution in [0.4, 0.5) is 10.5 Å². The van der Waals surface area contributed by atoms with E-state index in [0.717, 1.165) is 11.3 Å². The summed E-state index contributed by atoms with van der Waals surface area (Å²) in [6, 6.07) is 6.11. The van der Waals surface area contributed by atoms with Crippen LogP contribution >= 0.6 is 0 Å². The molecule has 0 bridgehead atoms. The smallest absolute Gasteiger partial charge is 0.415 e. The number of cyclic esters (lactones) is 1. The molecule has 0 saturated carbocycles. The molecule has 19 heavy (non-hydrogen) atoms. The Morgan fingerprint density at radius 1 is 1.47 bits per heavy atom. The summed E-state index contributed by atoms with van der Waals surface area (Å²) < 4.78 is 5.42. The van der Waals surface area contributed by atoms with E-state index in [1.54, 1.807) is 4.90 Å². The van der Waals surface area contributed by atoms with Crippen LogP contribution in [0.15, 0.2) is 18.2 Å². The van der Waals surface area contributed by atoms with E-state index in [-0.39, 0.29) is 6.09 Å². The van der Waals surface area contributed by atoms with Crippen molar-refractivity contribution in [2.45, 2.75) is 39.2 Å². The zero-order valence-electron chi connectivity index (χ0n) is 12.1. The lowest BCUT2D eigenvalue weighted by molar-refractivity contribution is 0.0789. The van der Waals surface area contributed by atoms with Crippen LogP contribution in [0.3, 0.4) is 0 Å². The molecule has 1 saturated heterocycles. The van der Waals surface area contributed by atoms with Gasteiger partial charge in [0.2, 0.25) is 0 Å². The molecule has 2 rings (SSSR count). The van der Waals surface area contributed by atoms with Gasteiger partial charge in [0.1, 0.15) is 5.60 Å². The first-order valence-corrected chi connectivity index (χ1v) is 6.68. The average Bonchev–Trinajstić information content (AvgIpc) is 2.65. The van der Waals surface area contributed by atoms with Crippen LogP contribution in [0.25, 0.3) is 0 Å². The minimum atomic E-state index is -0.590. The van der Waals surface area contributed by atoms with E-state index in [0.29, 0.717) is 19.0 Å². The second-order valence-corrected chi connectivity index (χ2v) is 5.78. The molecular weight excluding hydrogens is 240 g/mol. The normalized spacial score (nSPS) is 23.1. The summed E-state index contributed by atoms with van der Waals surface area (Å²) in [5.74, 6) is 0.354. The Bertz CT molecular complexity index is 499. The number of hydrogen-bond donors (Lipinski definition) is 1. The summed E-state index contributed by atoms with van der Waals surface area (Å²) in [5.41, 5.74) is 8.34. The number of rotatable bonds is 3. The minimum absolute atomic E-state index is 0.302. The Balaban J connectivity index is 2.45. The lowest BCUT2D eigenvalue weighted by atomic mass is 9.97.